The van der Waals surface area contributed by atoms with Crippen molar-refractivity contribution in [2.75, 3.05) is 13.6 Å². The van der Waals surface area contributed by atoms with Crippen molar-refractivity contribution >= 4 is 15.9 Å². The lowest BCUT2D eigenvalue weighted by Crippen LogP contribution is -2.26. The highest BCUT2D eigenvalue weighted by Crippen LogP contribution is 2.23. The summed E-state index contributed by atoms with van der Waals surface area (Å²) in [7, 11) is 1.90. The van der Waals surface area contributed by atoms with E-state index in [2.05, 4.69) is 26.2 Å². The third-order valence-electron chi connectivity index (χ3n) is 1.55. The fourth-order valence-electron chi connectivity index (χ4n) is 1.00. The highest BCUT2D eigenvalue weighted by molar-refractivity contribution is 9.10. The van der Waals surface area contributed by atoms with Gasteiger partial charge in [0.15, 0.2) is 0 Å². The molecule has 1 atom stereocenters. The summed E-state index contributed by atoms with van der Waals surface area (Å²) in [4.78, 5) is 3.96. The normalized spacial score (nSPS) is 12.5. The van der Waals surface area contributed by atoms with E-state index in [1.165, 1.54) is 0 Å². The fourth-order valence-corrected chi connectivity index (χ4v) is 1.35. The number of nitrogens with zero attached hydrogens (tertiary/aromatic N) is 1. The Morgan fingerprint density at radius 3 is 3.08 bits per heavy atom. The summed E-state index contributed by atoms with van der Waals surface area (Å²) in [6, 6.07) is 1.84. The molecule has 3 nitrogen and oxygen atoms in total. The van der Waals surface area contributed by atoms with Crippen LogP contribution in [0.4, 0.5) is 0 Å². The number of pyridine rings is 1. The Morgan fingerprint density at radius 1 is 1.69 bits per heavy atom. The average Bonchev–Trinajstić information content (AvgIpc) is 2.09. The van der Waals surface area contributed by atoms with Gasteiger partial charge in [-0.2, -0.15) is 0 Å². The summed E-state index contributed by atoms with van der Waals surface area (Å²) in [5.74, 6) is 0.831. The van der Waals surface area contributed by atoms with Gasteiger partial charge >= 0.3 is 0 Å². The van der Waals surface area contributed by atoms with Crippen LogP contribution in [0, 0.1) is 0 Å². The minimum absolute atomic E-state index is 0.156. The second-order valence-corrected chi connectivity index (χ2v) is 3.65. The van der Waals surface area contributed by atoms with Crippen LogP contribution in [-0.2, 0) is 0 Å². The second-order valence-electron chi connectivity index (χ2n) is 2.79. The van der Waals surface area contributed by atoms with E-state index in [1.807, 2.05) is 20.0 Å². The lowest BCUT2D eigenvalue weighted by atomic mass is 10.4. The molecule has 1 aromatic heterocycles. The zero-order valence-electron chi connectivity index (χ0n) is 7.75. The molecule has 1 aromatic rings. The SMILES string of the molecule is CNCC(C)Oc1ccncc1Br. The molecule has 0 aliphatic rings. The number of ether oxygens (including phenoxy) is 1. The van der Waals surface area contributed by atoms with Crippen molar-refractivity contribution in [3.63, 3.8) is 0 Å². The minimum Gasteiger partial charge on any atom is -0.488 e. The van der Waals surface area contributed by atoms with Crippen molar-refractivity contribution in [2.45, 2.75) is 13.0 Å². The standard InChI is InChI=1S/C9H13BrN2O/c1-7(5-11-2)13-9-3-4-12-6-8(9)10/h3-4,6-7,11H,5H2,1-2H3. The van der Waals surface area contributed by atoms with Gasteiger partial charge in [0.25, 0.3) is 0 Å². The number of likely N-dealkylation sites (N-methyl/N-ethyl adjacent to an activating group) is 1. The van der Waals surface area contributed by atoms with Crippen molar-refractivity contribution in [2.24, 2.45) is 0 Å². The van der Waals surface area contributed by atoms with Crippen LogP contribution in [0.1, 0.15) is 6.92 Å². The Morgan fingerprint density at radius 2 is 2.46 bits per heavy atom. The van der Waals surface area contributed by atoms with Gasteiger partial charge in [0, 0.05) is 18.9 Å². The maximum absolute atomic E-state index is 5.64. The third kappa shape index (κ3) is 3.32. The van der Waals surface area contributed by atoms with Gasteiger partial charge in [0.1, 0.15) is 11.9 Å². The Bertz CT molecular complexity index is 268. The molecule has 72 valence electrons. The molecule has 0 spiro atoms. The smallest absolute Gasteiger partial charge is 0.137 e. The second kappa shape index (κ2) is 5.19. The molecule has 1 N–H and O–H groups in total. The first kappa shape index (κ1) is 10.5. The maximum Gasteiger partial charge on any atom is 0.137 e. The summed E-state index contributed by atoms with van der Waals surface area (Å²) in [6.07, 6.45) is 3.59. The maximum atomic E-state index is 5.64. The van der Waals surface area contributed by atoms with Crippen LogP contribution in [0.15, 0.2) is 22.9 Å². The summed E-state index contributed by atoms with van der Waals surface area (Å²) >= 11 is 3.37. The Kier molecular flexibility index (Phi) is 4.18. The lowest BCUT2D eigenvalue weighted by molar-refractivity contribution is 0.219. The largest absolute Gasteiger partial charge is 0.488 e. The van der Waals surface area contributed by atoms with Crippen LogP contribution >= 0.6 is 15.9 Å². The van der Waals surface area contributed by atoms with E-state index in [0.29, 0.717) is 0 Å². The molecule has 0 radical (unpaired) electrons. The summed E-state index contributed by atoms with van der Waals surface area (Å²) in [6.45, 7) is 2.85. The number of hydrogen-bond acceptors (Lipinski definition) is 3. The number of nitrogens with one attached hydrogen (secondary N) is 1. The predicted octanol–water partition coefficient (Wildman–Crippen LogP) is 1.83. The van der Waals surface area contributed by atoms with Crippen LogP contribution in [0.2, 0.25) is 0 Å². The van der Waals surface area contributed by atoms with Gasteiger partial charge in [0.2, 0.25) is 0 Å². The first-order valence-electron chi connectivity index (χ1n) is 4.15. The zero-order valence-corrected chi connectivity index (χ0v) is 9.34. The molecule has 0 saturated carbocycles. The Balaban J connectivity index is 2.58. The van der Waals surface area contributed by atoms with E-state index in [1.54, 1.807) is 12.4 Å². The molecule has 1 rings (SSSR count). The monoisotopic (exact) mass is 244 g/mol. The summed E-state index contributed by atoms with van der Waals surface area (Å²) in [5, 5.41) is 3.05. The van der Waals surface area contributed by atoms with Crippen molar-refractivity contribution < 1.29 is 4.74 Å². The van der Waals surface area contributed by atoms with Gasteiger partial charge in [-0.15, -0.1) is 0 Å². The van der Waals surface area contributed by atoms with E-state index < -0.39 is 0 Å². The van der Waals surface area contributed by atoms with Crippen LogP contribution in [0.3, 0.4) is 0 Å². The van der Waals surface area contributed by atoms with Crippen molar-refractivity contribution in [3.05, 3.63) is 22.9 Å². The Labute approximate surface area is 86.6 Å². The molecule has 0 saturated heterocycles. The highest BCUT2D eigenvalue weighted by Gasteiger charge is 2.05. The van der Waals surface area contributed by atoms with Crippen LogP contribution < -0.4 is 10.1 Å². The van der Waals surface area contributed by atoms with Crippen molar-refractivity contribution in [1.29, 1.82) is 0 Å². The van der Waals surface area contributed by atoms with Gasteiger partial charge in [-0.1, -0.05) is 0 Å². The highest BCUT2D eigenvalue weighted by atomic mass is 79.9. The van der Waals surface area contributed by atoms with Crippen LogP contribution in [0.5, 0.6) is 5.75 Å². The van der Waals surface area contributed by atoms with Gasteiger partial charge < -0.3 is 10.1 Å². The minimum atomic E-state index is 0.156. The van der Waals surface area contributed by atoms with Gasteiger partial charge in [-0.25, -0.2) is 0 Å². The first-order valence-corrected chi connectivity index (χ1v) is 4.94. The molecule has 0 amide bonds. The van der Waals surface area contributed by atoms with E-state index in [-0.39, 0.29) is 6.10 Å². The van der Waals surface area contributed by atoms with Gasteiger partial charge in [-0.05, 0) is 36.0 Å². The van der Waals surface area contributed by atoms with E-state index in [4.69, 9.17) is 4.74 Å². The molecule has 0 aromatic carbocycles. The van der Waals surface area contributed by atoms with Gasteiger partial charge in [0.05, 0.1) is 4.47 Å². The quantitative estimate of drug-likeness (QED) is 0.878. The molecular weight excluding hydrogens is 232 g/mol. The average molecular weight is 245 g/mol. The molecular formula is C9H13BrN2O. The predicted molar refractivity (Wildman–Crippen MR) is 56.0 cm³/mol. The van der Waals surface area contributed by atoms with Crippen molar-refractivity contribution in [3.8, 4) is 5.75 Å². The molecule has 4 heteroatoms. The van der Waals surface area contributed by atoms with Crippen LogP contribution in [0.25, 0.3) is 0 Å². The summed E-state index contributed by atoms with van der Waals surface area (Å²) < 4.78 is 6.52. The number of aromatic nitrogens is 1. The molecule has 0 aliphatic heterocycles. The Hall–Kier alpha value is -0.610. The fraction of sp³-hybridized carbons (Fsp3) is 0.444. The van der Waals surface area contributed by atoms with E-state index in [9.17, 15) is 0 Å². The molecule has 1 unspecified atom stereocenters. The third-order valence-corrected chi connectivity index (χ3v) is 2.15. The molecule has 13 heavy (non-hydrogen) atoms. The first-order chi connectivity index (χ1) is 6.24. The molecule has 0 aliphatic carbocycles. The molecule has 1 heterocycles. The van der Waals surface area contributed by atoms with E-state index >= 15 is 0 Å². The van der Waals surface area contributed by atoms with Crippen molar-refractivity contribution in [1.82, 2.24) is 10.3 Å². The van der Waals surface area contributed by atoms with Crippen LogP contribution in [-0.4, -0.2) is 24.7 Å². The number of rotatable bonds is 4. The van der Waals surface area contributed by atoms with E-state index in [0.717, 1.165) is 16.8 Å². The summed E-state index contributed by atoms with van der Waals surface area (Å²) in [5.41, 5.74) is 0. The van der Waals surface area contributed by atoms with Gasteiger partial charge in [-0.3, -0.25) is 4.98 Å². The lowest BCUT2D eigenvalue weighted by Gasteiger charge is -2.14. The topological polar surface area (TPSA) is 34.1 Å². The zero-order chi connectivity index (χ0) is 9.68. The molecule has 0 bridgehead atoms. The number of hydrogen-bond donors (Lipinski definition) is 1. The molecule has 0 fully saturated rings. The number of halogens is 1.